The number of rotatable bonds is 7. The highest BCUT2D eigenvalue weighted by molar-refractivity contribution is 6.04. The Morgan fingerprint density at radius 3 is 2.36 bits per heavy atom. The predicted molar refractivity (Wildman–Crippen MR) is 109 cm³/mol. The van der Waals surface area contributed by atoms with Crippen molar-refractivity contribution in [2.75, 3.05) is 31.0 Å². The lowest BCUT2D eigenvalue weighted by Gasteiger charge is -2.20. The number of aromatic nitrogens is 2. The zero-order valence-corrected chi connectivity index (χ0v) is 16.0. The van der Waals surface area contributed by atoms with Crippen LogP contribution in [-0.4, -0.2) is 36.6 Å². The maximum Gasteiger partial charge on any atom is 0.258 e. The van der Waals surface area contributed by atoms with Gasteiger partial charge in [0, 0.05) is 30.7 Å². The van der Waals surface area contributed by atoms with Crippen LogP contribution in [-0.2, 0) is 0 Å². The van der Waals surface area contributed by atoms with Crippen LogP contribution in [0.4, 0.5) is 17.3 Å². The Morgan fingerprint density at radius 2 is 1.75 bits per heavy atom. The molecule has 0 unspecified atom stereocenters. The average Bonchev–Trinajstić information content (AvgIpc) is 2.75. The van der Waals surface area contributed by atoms with Crippen LogP contribution in [0.5, 0.6) is 11.5 Å². The molecular formula is C21H22N4O3. The summed E-state index contributed by atoms with van der Waals surface area (Å²) in [6.45, 7) is 2.73. The summed E-state index contributed by atoms with van der Waals surface area (Å²) >= 11 is 0. The van der Waals surface area contributed by atoms with Crippen LogP contribution in [0.1, 0.15) is 17.3 Å². The van der Waals surface area contributed by atoms with E-state index in [1.54, 1.807) is 25.3 Å². The summed E-state index contributed by atoms with van der Waals surface area (Å²) in [5.74, 6) is 1.36. The molecule has 0 spiro atoms. The largest absolute Gasteiger partial charge is 0.497 e. The van der Waals surface area contributed by atoms with Crippen LogP contribution in [0.2, 0.25) is 0 Å². The monoisotopic (exact) mass is 378 g/mol. The van der Waals surface area contributed by atoms with Crippen LogP contribution in [0.25, 0.3) is 0 Å². The number of nitrogens with one attached hydrogen (secondary N) is 1. The van der Waals surface area contributed by atoms with Crippen molar-refractivity contribution < 1.29 is 14.3 Å². The standard InChI is InChI=1S/C21H22N4O3/c1-4-25(16-8-6-5-7-9-16)21-22-13-15(14-23-21)20(26)24-18-11-10-17(27-2)12-19(18)28-3/h5-14H,4H2,1-3H3,(H,24,26). The van der Waals surface area contributed by atoms with Crippen LogP contribution >= 0.6 is 0 Å². The molecule has 7 heteroatoms. The number of ether oxygens (including phenoxy) is 2. The fourth-order valence-corrected chi connectivity index (χ4v) is 2.72. The summed E-state index contributed by atoms with van der Waals surface area (Å²) in [5, 5.41) is 2.81. The first-order valence-corrected chi connectivity index (χ1v) is 8.84. The number of nitrogens with zero attached hydrogens (tertiary/aromatic N) is 3. The third-order valence-electron chi connectivity index (χ3n) is 4.18. The maximum atomic E-state index is 12.6. The number of carbonyl (C=O) groups is 1. The molecule has 1 heterocycles. The Kier molecular flexibility index (Phi) is 6.06. The van der Waals surface area contributed by atoms with Crippen molar-refractivity contribution in [3.8, 4) is 11.5 Å². The van der Waals surface area contributed by atoms with E-state index in [0.29, 0.717) is 35.2 Å². The van der Waals surface area contributed by atoms with Crippen LogP contribution in [0.15, 0.2) is 60.9 Å². The molecule has 7 nitrogen and oxygen atoms in total. The molecule has 2 aromatic carbocycles. The second-order valence-corrected chi connectivity index (χ2v) is 5.87. The lowest BCUT2D eigenvalue weighted by atomic mass is 10.2. The number of methoxy groups -OCH3 is 2. The highest BCUT2D eigenvalue weighted by atomic mass is 16.5. The van der Waals surface area contributed by atoms with Gasteiger partial charge in [0.1, 0.15) is 11.5 Å². The van der Waals surface area contributed by atoms with E-state index in [0.717, 1.165) is 5.69 Å². The number of hydrogen-bond donors (Lipinski definition) is 1. The SMILES string of the molecule is CCN(c1ccccc1)c1ncc(C(=O)Nc2ccc(OC)cc2OC)cn1. The van der Waals surface area contributed by atoms with E-state index < -0.39 is 0 Å². The molecular weight excluding hydrogens is 356 g/mol. The number of benzene rings is 2. The highest BCUT2D eigenvalue weighted by Gasteiger charge is 2.14. The Morgan fingerprint density at radius 1 is 1.04 bits per heavy atom. The molecule has 28 heavy (non-hydrogen) atoms. The predicted octanol–water partition coefficient (Wildman–Crippen LogP) is 3.90. The van der Waals surface area contributed by atoms with Crippen LogP contribution in [0, 0.1) is 0 Å². The van der Waals surface area contributed by atoms with Gasteiger partial charge in [0.2, 0.25) is 5.95 Å². The molecule has 0 bridgehead atoms. The zero-order chi connectivity index (χ0) is 19.9. The summed E-state index contributed by atoms with van der Waals surface area (Å²) < 4.78 is 10.5. The highest BCUT2D eigenvalue weighted by Crippen LogP contribution is 2.29. The lowest BCUT2D eigenvalue weighted by molar-refractivity contribution is 0.102. The molecule has 0 saturated carbocycles. The maximum absolute atomic E-state index is 12.6. The molecule has 0 aliphatic heterocycles. The van der Waals surface area contributed by atoms with Gasteiger partial charge in [-0.2, -0.15) is 0 Å². The molecule has 0 aliphatic carbocycles. The van der Waals surface area contributed by atoms with Crippen LogP contribution in [0.3, 0.4) is 0 Å². The topological polar surface area (TPSA) is 76.6 Å². The van der Waals surface area contributed by atoms with Crippen molar-refractivity contribution >= 4 is 23.2 Å². The van der Waals surface area contributed by atoms with Gasteiger partial charge in [0.25, 0.3) is 5.91 Å². The normalized spacial score (nSPS) is 10.2. The fraction of sp³-hybridized carbons (Fsp3) is 0.190. The van der Waals surface area contributed by atoms with Crippen molar-refractivity contribution in [3.05, 3.63) is 66.5 Å². The number of amides is 1. The van der Waals surface area contributed by atoms with Crippen molar-refractivity contribution in [1.29, 1.82) is 0 Å². The Balaban J connectivity index is 1.77. The molecule has 144 valence electrons. The van der Waals surface area contributed by atoms with E-state index in [-0.39, 0.29) is 5.91 Å². The Hall–Kier alpha value is -3.61. The Bertz CT molecular complexity index is 930. The first kappa shape index (κ1) is 19.2. The van der Waals surface area contributed by atoms with Gasteiger partial charge in [0.15, 0.2) is 0 Å². The third kappa shape index (κ3) is 4.20. The minimum absolute atomic E-state index is 0.322. The van der Waals surface area contributed by atoms with Gasteiger partial charge in [-0.25, -0.2) is 9.97 Å². The molecule has 0 fully saturated rings. The van der Waals surface area contributed by atoms with Gasteiger partial charge in [0.05, 0.1) is 25.5 Å². The van der Waals surface area contributed by atoms with E-state index in [1.165, 1.54) is 19.5 Å². The molecule has 1 N–H and O–H groups in total. The van der Waals surface area contributed by atoms with Gasteiger partial charge in [-0.3, -0.25) is 4.79 Å². The molecule has 0 saturated heterocycles. The molecule has 0 aliphatic rings. The Labute approximate surface area is 164 Å². The summed E-state index contributed by atoms with van der Waals surface area (Å²) in [6.07, 6.45) is 3.03. The molecule has 3 aromatic rings. The van der Waals surface area contributed by atoms with Crippen molar-refractivity contribution in [3.63, 3.8) is 0 Å². The first-order valence-electron chi connectivity index (χ1n) is 8.84. The first-order chi connectivity index (χ1) is 13.7. The number of hydrogen-bond acceptors (Lipinski definition) is 6. The lowest BCUT2D eigenvalue weighted by Crippen LogP contribution is -2.20. The second kappa shape index (κ2) is 8.85. The van der Waals surface area contributed by atoms with Crippen molar-refractivity contribution in [2.45, 2.75) is 6.92 Å². The van der Waals surface area contributed by atoms with E-state index in [9.17, 15) is 4.79 Å². The molecule has 1 amide bonds. The number of anilines is 3. The average molecular weight is 378 g/mol. The number of para-hydroxylation sites is 1. The molecule has 3 rings (SSSR count). The quantitative estimate of drug-likeness (QED) is 0.672. The van der Waals surface area contributed by atoms with E-state index in [2.05, 4.69) is 15.3 Å². The van der Waals surface area contributed by atoms with E-state index in [4.69, 9.17) is 9.47 Å². The van der Waals surface area contributed by atoms with Gasteiger partial charge in [-0.15, -0.1) is 0 Å². The summed E-state index contributed by atoms with van der Waals surface area (Å²) in [4.78, 5) is 23.3. The fourth-order valence-electron chi connectivity index (χ4n) is 2.72. The van der Waals surface area contributed by atoms with E-state index >= 15 is 0 Å². The van der Waals surface area contributed by atoms with Crippen molar-refractivity contribution in [2.24, 2.45) is 0 Å². The zero-order valence-electron chi connectivity index (χ0n) is 16.0. The van der Waals surface area contributed by atoms with Gasteiger partial charge >= 0.3 is 0 Å². The smallest absolute Gasteiger partial charge is 0.258 e. The van der Waals surface area contributed by atoms with E-state index in [1.807, 2.05) is 42.2 Å². The minimum atomic E-state index is -0.322. The van der Waals surface area contributed by atoms with Gasteiger partial charge in [-0.05, 0) is 31.2 Å². The summed E-state index contributed by atoms with van der Waals surface area (Å²) in [7, 11) is 3.10. The number of carbonyl (C=O) groups excluding carboxylic acids is 1. The summed E-state index contributed by atoms with van der Waals surface area (Å²) in [6, 6.07) is 15.0. The molecule has 0 atom stereocenters. The molecule has 0 radical (unpaired) electrons. The molecule has 1 aromatic heterocycles. The third-order valence-corrected chi connectivity index (χ3v) is 4.18. The van der Waals surface area contributed by atoms with Crippen LogP contribution < -0.4 is 19.7 Å². The summed E-state index contributed by atoms with van der Waals surface area (Å²) in [5.41, 5.74) is 1.88. The van der Waals surface area contributed by atoms with Gasteiger partial charge in [-0.1, -0.05) is 18.2 Å². The second-order valence-electron chi connectivity index (χ2n) is 5.87. The minimum Gasteiger partial charge on any atom is -0.497 e. The van der Waals surface area contributed by atoms with Gasteiger partial charge < -0.3 is 19.7 Å². The van der Waals surface area contributed by atoms with Crippen molar-refractivity contribution in [1.82, 2.24) is 9.97 Å².